The monoisotopic (exact) mass is 375 g/mol. The first-order chi connectivity index (χ1) is 9.91. The van der Waals surface area contributed by atoms with Gasteiger partial charge in [-0.05, 0) is 48.3 Å². The van der Waals surface area contributed by atoms with Gasteiger partial charge >= 0.3 is 0 Å². The quantitative estimate of drug-likeness (QED) is 0.859. The van der Waals surface area contributed by atoms with Crippen molar-refractivity contribution in [2.24, 2.45) is 0 Å². The summed E-state index contributed by atoms with van der Waals surface area (Å²) in [7, 11) is -1.09. The van der Waals surface area contributed by atoms with Gasteiger partial charge in [-0.1, -0.05) is 12.1 Å². The van der Waals surface area contributed by atoms with Gasteiger partial charge in [0.15, 0.2) is 0 Å². The number of nitrogens with one attached hydrogen (secondary N) is 1. The standard InChI is InChI=1S/C15H22BrNO3S/c1-17-10-11-5-3-8-14(16)15(11)20-12-6-4-7-13(9-12)21(2,18)19/h3,5,8,12-13,17H,4,6-7,9-10H2,1-2H3. The van der Waals surface area contributed by atoms with E-state index in [9.17, 15) is 8.42 Å². The SMILES string of the molecule is CNCc1cccc(Br)c1OC1CCCC(S(C)(=O)=O)C1. The molecule has 21 heavy (non-hydrogen) atoms. The lowest BCUT2D eigenvalue weighted by Gasteiger charge is -2.29. The van der Waals surface area contributed by atoms with E-state index in [0.29, 0.717) is 6.42 Å². The summed E-state index contributed by atoms with van der Waals surface area (Å²) in [5, 5.41) is 2.85. The highest BCUT2D eigenvalue weighted by Gasteiger charge is 2.30. The van der Waals surface area contributed by atoms with Crippen molar-refractivity contribution < 1.29 is 13.2 Å². The van der Waals surface area contributed by atoms with Crippen LogP contribution in [0.4, 0.5) is 0 Å². The van der Waals surface area contributed by atoms with Gasteiger partial charge < -0.3 is 10.1 Å². The molecule has 0 bridgehead atoms. The first kappa shape index (κ1) is 16.8. The van der Waals surface area contributed by atoms with Crippen LogP contribution in [0.2, 0.25) is 0 Å². The van der Waals surface area contributed by atoms with Crippen molar-refractivity contribution in [1.82, 2.24) is 5.32 Å². The van der Waals surface area contributed by atoms with Crippen molar-refractivity contribution >= 4 is 25.8 Å². The molecule has 1 fully saturated rings. The number of ether oxygens (including phenoxy) is 1. The summed E-state index contributed by atoms with van der Waals surface area (Å²) in [5.74, 6) is 0.825. The lowest BCUT2D eigenvalue weighted by molar-refractivity contribution is 0.153. The molecule has 0 spiro atoms. The second kappa shape index (κ2) is 7.11. The topological polar surface area (TPSA) is 55.4 Å². The fourth-order valence-corrected chi connectivity index (χ4v) is 4.44. The Balaban J connectivity index is 2.14. The average Bonchev–Trinajstić information content (AvgIpc) is 2.42. The van der Waals surface area contributed by atoms with Crippen molar-refractivity contribution in [2.45, 2.75) is 43.6 Å². The molecule has 1 aromatic rings. The second-order valence-electron chi connectivity index (χ2n) is 5.62. The smallest absolute Gasteiger partial charge is 0.150 e. The Labute approximate surface area is 135 Å². The minimum atomic E-state index is -2.99. The molecule has 118 valence electrons. The van der Waals surface area contributed by atoms with Crippen LogP contribution in [0, 0.1) is 0 Å². The predicted octanol–water partition coefficient (Wildman–Crippen LogP) is 2.90. The zero-order chi connectivity index (χ0) is 15.5. The third kappa shape index (κ3) is 4.44. The van der Waals surface area contributed by atoms with Gasteiger partial charge in [0, 0.05) is 24.8 Å². The lowest BCUT2D eigenvalue weighted by atomic mass is 9.97. The molecule has 0 saturated heterocycles. The van der Waals surface area contributed by atoms with Crippen LogP contribution in [0.5, 0.6) is 5.75 Å². The second-order valence-corrected chi connectivity index (χ2v) is 8.80. The fourth-order valence-electron chi connectivity index (χ4n) is 2.78. The number of para-hydroxylation sites is 1. The number of hydrogen-bond acceptors (Lipinski definition) is 4. The van der Waals surface area contributed by atoms with E-state index in [2.05, 4.69) is 21.2 Å². The summed E-state index contributed by atoms with van der Waals surface area (Å²) in [4.78, 5) is 0. The molecule has 0 amide bonds. The van der Waals surface area contributed by atoms with Gasteiger partial charge in [-0.15, -0.1) is 0 Å². The number of sulfone groups is 1. The Bertz CT molecular complexity index is 589. The van der Waals surface area contributed by atoms with Crippen LogP contribution in [0.25, 0.3) is 0 Å². The molecule has 1 aromatic carbocycles. The van der Waals surface area contributed by atoms with E-state index >= 15 is 0 Å². The molecular weight excluding hydrogens is 354 g/mol. The van der Waals surface area contributed by atoms with Crippen LogP contribution in [0.3, 0.4) is 0 Å². The molecule has 1 N–H and O–H groups in total. The van der Waals surface area contributed by atoms with E-state index in [0.717, 1.165) is 41.6 Å². The Morgan fingerprint density at radius 3 is 2.81 bits per heavy atom. The summed E-state index contributed by atoms with van der Waals surface area (Å²) in [6.07, 6.45) is 4.43. The summed E-state index contributed by atoms with van der Waals surface area (Å²) in [5.41, 5.74) is 1.08. The Hall–Kier alpha value is -0.590. The van der Waals surface area contributed by atoms with E-state index in [-0.39, 0.29) is 11.4 Å². The lowest BCUT2D eigenvalue weighted by Crippen LogP contribution is -2.33. The van der Waals surface area contributed by atoms with Crippen LogP contribution in [-0.4, -0.2) is 33.1 Å². The molecule has 1 aliphatic rings. The van der Waals surface area contributed by atoms with E-state index in [1.807, 2.05) is 25.2 Å². The third-order valence-electron chi connectivity index (χ3n) is 3.88. The van der Waals surface area contributed by atoms with Gasteiger partial charge in [0.05, 0.1) is 9.72 Å². The van der Waals surface area contributed by atoms with Crippen molar-refractivity contribution in [3.63, 3.8) is 0 Å². The Morgan fingerprint density at radius 2 is 2.14 bits per heavy atom. The average molecular weight is 376 g/mol. The molecule has 0 radical (unpaired) electrons. The molecule has 6 heteroatoms. The third-order valence-corrected chi connectivity index (χ3v) is 6.15. The summed E-state index contributed by atoms with van der Waals surface area (Å²) in [6.45, 7) is 0.719. The van der Waals surface area contributed by atoms with Gasteiger partial charge in [0.2, 0.25) is 0 Å². The van der Waals surface area contributed by atoms with Crippen LogP contribution < -0.4 is 10.1 Å². The van der Waals surface area contributed by atoms with E-state index < -0.39 is 9.84 Å². The molecule has 1 saturated carbocycles. The molecule has 1 aliphatic carbocycles. The van der Waals surface area contributed by atoms with E-state index in [4.69, 9.17) is 4.74 Å². The number of rotatable bonds is 5. The highest BCUT2D eigenvalue weighted by Crippen LogP contribution is 2.33. The van der Waals surface area contributed by atoms with Crippen LogP contribution >= 0.6 is 15.9 Å². The molecule has 2 rings (SSSR count). The largest absolute Gasteiger partial charge is 0.489 e. The van der Waals surface area contributed by atoms with Gasteiger partial charge in [-0.2, -0.15) is 0 Å². The van der Waals surface area contributed by atoms with Crippen LogP contribution in [0.15, 0.2) is 22.7 Å². The summed E-state index contributed by atoms with van der Waals surface area (Å²) < 4.78 is 30.5. The molecule has 0 aliphatic heterocycles. The maximum Gasteiger partial charge on any atom is 0.150 e. The van der Waals surface area contributed by atoms with Crippen molar-refractivity contribution in [2.75, 3.05) is 13.3 Å². The van der Waals surface area contributed by atoms with E-state index in [1.165, 1.54) is 6.26 Å². The molecule has 0 aromatic heterocycles. The molecule has 4 nitrogen and oxygen atoms in total. The summed E-state index contributed by atoms with van der Waals surface area (Å²) >= 11 is 3.53. The first-order valence-corrected chi connectivity index (χ1v) is 9.94. The highest BCUT2D eigenvalue weighted by molar-refractivity contribution is 9.10. The van der Waals surface area contributed by atoms with Gasteiger partial charge in [-0.25, -0.2) is 8.42 Å². The number of halogens is 1. The maximum absolute atomic E-state index is 11.7. The molecule has 0 heterocycles. The Morgan fingerprint density at radius 1 is 1.38 bits per heavy atom. The van der Waals surface area contributed by atoms with Crippen molar-refractivity contribution in [3.8, 4) is 5.75 Å². The zero-order valence-corrected chi connectivity index (χ0v) is 14.8. The predicted molar refractivity (Wildman–Crippen MR) is 88.4 cm³/mol. The minimum absolute atomic E-state index is 0.0345. The van der Waals surface area contributed by atoms with Crippen molar-refractivity contribution in [1.29, 1.82) is 0 Å². The van der Waals surface area contributed by atoms with Gasteiger partial charge in [0.1, 0.15) is 21.7 Å². The first-order valence-electron chi connectivity index (χ1n) is 7.19. The van der Waals surface area contributed by atoms with Gasteiger partial charge in [0.25, 0.3) is 0 Å². The molecule has 2 atom stereocenters. The van der Waals surface area contributed by atoms with Crippen molar-refractivity contribution in [3.05, 3.63) is 28.2 Å². The van der Waals surface area contributed by atoms with Crippen LogP contribution in [-0.2, 0) is 16.4 Å². The highest BCUT2D eigenvalue weighted by atomic mass is 79.9. The minimum Gasteiger partial charge on any atom is -0.489 e. The van der Waals surface area contributed by atoms with Crippen LogP contribution in [0.1, 0.15) is 31.2 Å². The van der Waals surface area contributed by atoms with Gasteiger partial charge in [-0.3, -0.25) is 0 Å². The fraction of sp³-hybridized carbons (Fsp3) is 0.600. The Kier molecular flexibility index (Phi) is 5.68. The summed E-state index contributed by atoms with van der Waals surface area (Å²) in [6, 6.07) is 5.95. The number of hydrogen-bond donors (Lipinski definition) is 1. The normalized spacial score (nSPS) is 23.0. The maximum atomic E-state index is 11.7. The molecular formula is C15H22BrNO3S. The zero-order valence-electron chi connectivity index (χ0n) is 12.4. The molecule has 2 unspecified atom stereocenters. The van der Waals surface area contributed by atoms with E-state index in [1.54, 1.807) is 0 Å². The number of benzene rings is 1.